The van der Waals surface area contributed by atoms with Gasteiger partial charge in [-0.15, -0.1) is 11.6 Å². The first-order valence-corrected chi connectivity index (χ1v) is 7.83. The van der Waals surface area contributed by atoms with Crippen LogP contribution in [-0.2, 0) is 15.7 Å². The van der Waals surface area contributed by atoms with Crippen molar-refractivity contribution in [2.75, 3.05) is 30.5 Å². The second-order valence-corrected chi connectivity index (χ2v) is 6.67. The molecule has 0 aromatic carbocycles. The number of anilines is 1. The zero-order chi connectivity index (χ0) is 13.1. The van der Waals surface area contributed by atoms with E-state index in [4.69, 9.17) is 11.6 Å². The molecule has 0 radical (unpaired) electrons. The number of alkyl halides is 1. The predicted octanol–water partition coefficient (Wildman–Crippen LogP) is 1.61. The Labute approximate surface area is 108 Å². The Hall–Kier alpha value is -0.810. The molecular formula is C11H17ClN2O2S. The molecule has 0 unspecified atom stereocenters. The van der Waals surface area contributed by atoms with Gasteiger partial charge in [-0.2, -0.15) is 0 Å². The third-order valence-electron chi connectivity index (χ3n) is 2.45. The summed E-state index contributed by atoms with van der Waals surface area (Å²) in [6.45, 7) is 2.35. The Morgan fingerprint density at radius 2 is 2.12 bits per heavy atom. The largest absolute Gasteiger partial charge is 0.373 e. The first kappa shape index (κ1) is 14.3. The van der Waals surface area contributed by atoms with Crippen LogP contribution < -0.4 is 4.90 Å². The highest BCUT2D eigenvalue weighted by Crippen LogP contribution is 2.21. The van der Waals surface area contributed by atoms with Crippen molar-refractivity contribution in [3.05, 3.63) is 23.5 Å². The SMILES string of the molecule is Cc1cc(N(C)CCS(C)(=O)=O)c(CCl)cn1. The molecule has 1 aromatic heterocycles. The van der Waals surface area contributed by atoms with Crippen molar-refractivity contribution in [1.29, 1.82) is 0 Å². The number of hydrogen-bond acceptors (Lipinski definition) is 4. The van der Waals surface area contributed by atoms with Crippen LogP contribution in [0.5, 0.6) is 0 Å². The van der Waals surface area contributed by atoms with Gasteiger partial charge in [0.15, 0.2) is 0 Å². The number of rotatable bonds is 5. The molecule has 0 bridgehead atoms. The maximum absolute atomic E-state index is 11.1. The van der Waals surface area contributed by atoms with E-state index in [9.17, 15) is 8.42 Å². The van der Waals surface area contributed by atoms with Gasteiger partial charge in [0.25, 0.3) is 0 Å². The first-order chi connectivity index (χ1) is 7.83. The fourth-order valence-corrected chi connectivity index (χ4v) is 2.27. The van der Waals surface area contributed by atoms with Gasteiger partial charge in [-0.3, -0.25) is 4.98 Å². The summed E-state index contributed by atoms with van der Waals surface area (Å²) in [5.74, 6) is 0.498. The van der Waals surface area contributed by atoms with Crippen molar-refractivity contribution in [2.24, 2.45) is 0 Å². The van der Waals surface area contributed by atoms with Gasteiger partial charge < -0.3 is 4.90 Å². The number of aryl methyl sites for hydroxylation is 1. The van der Waals surface area contributed by atoms with Gasteiger partial charge in [-0.25, -0.2) is 8.42 Å². The van der Waals surface area contributed by atoms with E-state index in [-0.39, 0.29) is 5.75 Å². The van der Waals surface area contributed by atoms with E-state index in [2.05, 4.69) is 4.98 Å². The molecule has 1 heterocycles. The summed E-state index contributed by atoms with van der Waals surface area (Å²) in [5, 5.41) is 0. The smallest absolute Gasteiger partial charge is 0.149 e. The zero-order valence-electron chi connectivity index (χ0n) is 10.3. The van der Waals surface area contributed by atoms with Crippen LogP contribution >= 0.6 is 11.6 Å². The molecule has 17 heavy (non-hydrogen) atoms. The average Bonchev–Trinajstić information content (AvgIpc) is 2.25. The molecule has 1 aromatic rings. The topological polar surface area (TPSA) is 50.3 Å². The Morgan fingerprint density at radius 1 is 1.47 bits per heavy atom. The fraction of sp³-hybridized carbons (Fsp3) is 0.545. The van der Waals surface area contributed by atoms with E-state index >= 15 is 0 Å². The molecule has 0 fully saturated rings. The minimum absolute atomic E-state index is 0.132. The highest BCUT2D eigenvalue weighted by molar-refractivity contribution is 7.90. The second kappa shape index (κ2) is 5.69. The van der Waals surface area contributed by atoms with Crippen molar-refractivity contribution in [1.82, 2.24) is 4.98 Å². The third kappa shape index (κ3) is 4.52. The molecule has 6 heteroatoms. The fourth-order valence-electron chi connectivity index (χ4n) is 1.46. The summed E-state index contributed by atoms with van der Waals surface area (Å²) in [4.78, 5) is 6.07. The molecular weight excluding hydrogens is 260 g/mol. The minimum Gasteiger partial charge on any atom is -0.373 e. The summed E-state index contributed by atoms with van der Waals surface area (Å²) in [5.41, 5.74) is 2.74. The van der Waals surface area contributed by atoms with Crippen LogP contribution in [0.2, 0.25) is 0 Å². The van der Waals surface area contributed by atoms with Gasteiger partial charge in [0.1, 0.15) is 9.84 Å². The van der Waals surface area contributed by atoms with Crippen molar-refractivity contribution >= 4 is 27.1 Å². The molecule has 96 valence electrons. The molecule has 0 atom stereocenters. The van der Waals surface area contributed by atoms with E-state index < -0.39 is 9.84 Å². The van der Waals surface area contributed by atoms with Gasteiger partial charge in [0.05, 0.1) is 11.6 Å². The van der Waals surface area contributed by atoms with Crippen LogP contribution in [0.4, 0.5) is 5.69 Å². The molecule has 1 rings (SSSR count). The Bertz CT molecular complexity index is 488. The Morgan fingerprint density at radius 3 is 2.65 bits per heavy atom. The summed E-state index contributed by atoms with van der Waals surface area (Å²) in [6.07, 6.45) is 2.97. The standard InChI is InChI=1S/C11H17ClN2O2S/c1-9-6-11(10(7-12)8-13-9)14(2)4-5-17(3,15)16/h6,8H,4-5,7H2,1-3H3. The van der Waals surface area contributed by atoms with E-state index in [1.165, 1.54) is 6.26 Å². The van der Waals surface area contributed by atoms with Gasteiger partial charge in [0.2, 0.25) is 0 Å². The van der Waals surface area contributed by atoms with E-state index in [1.54, 1.807) is 6.20 Å². The van der Waals surface area contributed by atoms with E-state index in [0.29, 0.717) is 12.4 Å². The van der Waals surface area contributed by atoms with E-state index in [0.717, 1.165) is 16.9 Å². The van der Waals surface area contributed by atoms with Crippen molar-refractivity contribution in [3.8, 4) is 0 Å². The van der Waals surface area contributed by atoms with Crippen LogP contribution in [0.3, 0.4) is 0 Å². The zero-order valence-corrected chi connectivity index (χ0v) is 11.8. The summed E-state index contributed by atoms with van der Waals surface area (Å²) < 4.78 is 22.2. The number of sulfone groups is 1. The molecule has 0 N–H and O–H groups in total. The highest BCUT2D eigenvalue weighted by atomic mass is 35.5. The summed E-state index contributed by atoms with van der Waals surface area (Å²) in [6, 6.07) is 1.92. The lowest BCUT2D eigenvalue weighted by Crippen LogP contribution is -2.25. The summed E-state index contributed by atoms with van der Waals surface area (Å²) in [7, 11) is -1.09. The maximum atomic E-state index is 11.1. The van der Waals surface area contributed by atoms with Crippen molar-refractivity contribution < 1.29 is 8.42 Å². The summed E-state index contributed by atoms with van der Waals surface area (Å²) >= 11 is 5.83. The number of hydrogen-bond donors (Lipinski definition) is 0. The number of aromatic nitrogens is 1. The van der Waals surface area contributed by atoms with Gasteiger partial charge in [-0.05, 0) is 13.0 Å². The van der Waals surface area contributed by atoms with Crippen LogP contribution in [0.25, 0.3) is 0 Å². The first-order valence-electron chi connectivity index (χ1n) is 5.24. The number of halogens is 1. The molecule has 4 nitrogen and oxygen atoms in total. The average molecular weight is 277 g/mol. The quantitative estimate of drug-likeness (QED) is 0.767. The van der Waals surface area contributed by atoms with Crippen LogP contribution in [0.1, 0.15) is 11.3 Å². The van der Waals surface area contributed by atoms with Gasteiger partial charge in [0, 0.05) is 43.0 Å². The maximum Gasteiger partial charge on any atom is 0.149 e. The molecule has 0 aliphatic carbocycles. The lowest BCUT2D eigenvalue weighted by atomic mass is 10.2. The predicted molar refractivity (Wildman–Crippen MR) is 71.5 cm³/mol. The molecule has 0 aliphatic rings. The van der Waals surface area contributed by atoms with Crippen molar-refractivity contribution in [2.45, 2.75) is 12.8 Å². The van der Waals surface area contributed by atoms with Gasteiger partial charge in [-0.1, -0.05) is 0 Å². The van der Waals surface area contributed by atoms with Gasteiger partial charge >= 0.3 is 0 Å². The number of nitrogens with zero attached hydrogens (tertiary/aromatic N) is 2. The Kier molecular flexibility index (Phi) is 4.77. The Balaban J connectivity index is 2.87. The molecule has 0 amide bonds. The van der Waals surface area contributed by atoms with E-state index in [1.807, 2.05) is 24.9 Å². The van der Waals surface area contributed by atoms with Crippen molar-refractivity contribution in [3.63, 3.8) is 0 Å². The third-order valence-corrected chi connectivity index (χ3v) is 3.66. The molecule has 0 spiro atoms. The lowest BCUT2D eigenvalue weighted by molar-refractivity contribution is 0.601. The lowest BCUT2D eigenvalue weighted by Gasteiger charge is -2.21. The molecule has 0 aliphatic heterocycles. The normalized spacial score (nSPS) is 11.5. The van der Waals surface area contributed by atoms with Crippen LogP contribution in [0, 0.1) is 6.92 Å². The second-order valence-electron chi connectivity index (χ2n) is 4.14. The van der Waals surface area contributed by atoms with Crippen LogP contribution in [0.15, 0.2) is 12.3 Å². The highest BCUT2D eigenvalue weighted by Gasteiger charge is 2.10. The monoisotopic (exact) mass is 276 g/mol. The molecule has 0 saturated carbocycles. The molecule has 0 saturated heterocycles. The number of pyridine rings is 1. The van der Waals surface area contributed by atoms with Crippen LogP contribution in [-0.4, -0.2) is 39.0 Å². The minimum atomic E-state index is -2.95.